The van der Waals surface area contributed by atoms with Crippen molar-refractivity contribution >= 4 is 5.97 Å². The maximum Gasteiger partial charge on any atom is 0.337 e. The molecule has 0 radical (unpaired) electrons. The Kier molecular flexibility index (Phi) is 4.63. The predicted octanol–water partition coefficient (Wildman–Crippen LogP) is -1.73. The summed E-state index contributed by atoms with van der Waals surface area (Å²) in [5.74, 6) is -0.695. The van der Waals surface area contributed by atoms with Crippen LogP contribution in [0.3, 0.4) is 0 Å². The molecule has 0 aliphatic carbocycles. The molecule has 7 nitrogen and oxygen atoms in total. The topological polar surface area (TPSA) is 94.5 Å². The SMILES string of the molecule is COC(=O)[C@H]1O[C@H](OC)[C@H](O)[C@@H](O)[C@@H]1OC. The normalized spacial score (nSPS) is 39.4. The van der Waals surface area contributed by atoms with E-state index in [2.05, 4.69) is 4.74 Å². The molecule has 16 heavy (non-hydrogen) atoms. The van der Waals surface area contributed by atoms with Crippen LogP contribution in [0.5, 0.6) is 0 Å². The summed E-state index contributed by atoms with van der Waals surface area (Å²) in [6.07, 6.45) is -5.78. The van der Waals surface area contributed by atoms with Crippen molar-refractivity contribution in [3.63, 3.8) is 0 Å². The van der Waals surface area contributed by atoms with Crippen LogP contribution in [0.1, 0.15) is 0 Å². The van der Waals surface area contributed by atoms with Gasteiger partial charge < -0.3 is 29.2 Å². The standard InChI is InChI=1S/C9H16O7/c1-13-6-4(10)5(11)9(15-3)16-7(6)8(12)14-2/h4-7,9-11H,1-3H3/t4-,5-,6+,7+,9+/m1/s1. The molecule has 0 aromatic rings. The monoisotopic (exact) mass is 236 g/mol. The van der Waals surface area contributed by atoms with E-state index in [1.54, 1.807) is 0 Å². The first kappa shape index (κ1) is 13.3. The van der Waals surface area contributed by atoms with Gasteiger partial charge in [0, 0.05) is 14.2 Å². The molecule has 0 bridgehead atoms. The van der Waals surface area contributed by atoms with Gasteiger partial charge in [0.25, 0.3) is 0 Å². The molecule has 1 rings (SSSR count). The van der Waals surface area contributed by atoms with E-state index in [0.29, 0.717) is 0 Å². The summed E-state index contributed by atoms with van der Waals surface area (Å²) in [6, 6.07) is 0. The second kappa shape index (κ2) is 5.55. The summed E-state index contributed by atoms with van der Waals surface area (Å²) < 4.78 is 19.4. The molecule has 1 aliphatic rings. The molecule has 2 N–H and O–H groups in total. The molecular formula is C9H16O7. The van der Waals surface area contributed by atoms with E-state index in [-0.39, 0.29) is 0 Å². The highest BCUT2D eigenvalue weighted by Gasteiger charge is 2.48. The Bertz CT molecular complexity index is 244. The lowest BCUT2D eigenvalue weighted by molar-refractivity contribution is -0.291. The van der Waals surface area contributed by atoms with Crippen LogP contribution in [0.25, 0.3) is 0 Å². The van der Waals surface area contributed by atoms with Crippen molar-refractivity contribution in [1.82, 2.24) is 0 Å². The fraction of sp³-hybridized carbons (Fsp3) is 0.889. The van der Waals surface area contributed by atoms with Crippen molar-refractivity contribution in [2.45, 2.75) is 30.7 Å². The molecule has 0 spiro atoms. The Labute approximate surface area is 92.9 Å². The number of hydrogen-bond acceptors (Lipinski definition) is 7. The largest absolute Gasteiger partial charge is 0.467 e. The van der Waals surface area contributed by atoms with Gasteiger partial charge in [-0.05, 0) is 0 Å². The van der Waals surface area contributed by atoms with Crippen LogP contribution in [0.2, 0.25) is 0 Å². The second-order valence-corrected chi connectivity index (χ2v) is 3.37. The van der Waals surface area contributed by atoms with Gasteiger partial charge in [-0.1, -0.05) is 0 Å². The zero-order valence-electron chi connectivity index (χ0n) is 9.32. The van der Waals surface area contributed by atoms with Crippen LogP contribution in [0.15, 0.2) is 0 Å². The summed E-state index contributed by atoms with van der Waals surface area (Å²) in [5, 5.41) is 19.3. The van der Waals surface area contributed by atoms with Crippen LogP contribution < -0.4 is 0 Å². The smallest absolute Gasteiger partial charge is 0.337 e. The fourth-order valence-corrected chi connectivity index (χ4v) is 1.60. The van der Waals surface area contributed by atoms with Crippen LogP contribution in [-0.4, -0.2) is 68.2 Å². The summed E-state index contributed by atoms with van der Waals surface area (Å²) >= 11 is 0. The maximum absolute atomic E-state index is 11.4. The zero-order chi connectivity index (χ0) is 12.3. The number of carbonyl (C=O) groups excluding carboxylic acids is 1. The third-order valence-electron chi connectivity index (χ3n) is 2.48. The van der Waals surface area contributed by atoms with E-state index in [1.165, 1.54) is 21.3 Å². The molecule has 1 saturated heterocycles. The van der Waals surface area contributed by atoms with Gasteiger partial charge in [-0.3, -0.25) is 0 Å². The first-order valence-electron chi connectivity index (χ1n) is 4.71. The number of aliphatic hydroxyl groups is 2. The summed E-state index contributed by atoms with van der Waals surface area (Å²) in [4.78, 5) is 11.4. The van der Waals surface area contributed by atoms with Gasteiger partial charge in [0.15, 0.2) is 12.4 Å². The van der Waals surface area contributed by atoms with Gasteiger partial charge in [0.1, 0.15) is 18.3 Å². The van der Waals surface area contributed by atoms with Crippen molar-refractivity contribution in [2.75, 3.05) is 21.3 Å². The minimum absolute atomic E-state index is 0.695. The van der Waals surface area contributed by atoms with Crippen molar-refractivity contribution in [1.29, 1.82) is 0 Å². The van der Waals surface area contributed by atoms with Crippen molar-refractivity contribution in [2.24, 2.45) is 0 Å². The number of ether oxygens (including phenoxy) is 4. The molecule has 0 amide bonds. The van der Waals surface area contributed by atoms with Gasteiger partial charge in [0.2, 0.25) is 0 Å². The average molecular weight is 236 g/mol. The fourth-order valence-electron chi connectivity index (χ4n) is 1.60. The minimum Gasteiger partial charge on any atom is -0.467 e. The number of esters is 1. The van der Waals surface area contributed by atoms with Gasteiger partial charge in [0.05, 0.1) is 7.11 Å². The van der Waals surface area contributed by atoms with Gasteiger partial charge in [-0.15, -0.1) is 0 Å². The Morgan fingerprint density at radius 3 is 2.19 bits per heavy atom. The number of methoxy groups -OCH3 is 3. The van der Waals surface area contributed by atoms with E-state index in [0.717, 1.165) is 0 Å². The highest BCUT2D eigenvalue weighted by Crippen LogP contribution is 2.24. The van der Waals surface area contributed by atoms with Gasteiger partial charge in [-0.2, -0.15) is 0 Å². The summed E-state index contributed by atoms with van der Waals surface area (Å²) in [7, 11) is 3.78. The summed E-state index contributed by atoms with van der Waals surface area (Å²) in [5.41, 5.74) is 0. The van der Waals surface area contributed by atoms with Crippen molar-refractivity contribution in [3.8, 4) is 0 Å². The molecule has 0 saturated carbocycles. The van der Waals surface area contributed by atoms with Crippen LogP contribution >= 0.6 is 0 Å². The average Bonchev–Trinajstić information content (AvgIpc) is 2.31. The van der Waals surface area contributed by atoms with Crippen LogP contribution in [0.4, 0.5) is 0 Å². The Morgan fingerprint density at radius 2 is 1.75 bits per heavy atom. The Hall–Kier alpha value is -0.730. The molecule has 0 aromatic heterocycles. The molecule has 5 atom stereocenters. The van der Waals surface area contributed by atoms with E-state index in [1.807, 2.05) is 0 Å². The van der Waals surface area contributed by atoms with E-state index in [4.69, 9.17) is 14.2 Å². The Morgan fingerprint density at radius 1 is 1.12 bits per heavy atom. The lowest BCUT2D eigenvalue weighted by atomic mass is 9.99. The van der Waals surface area contributed by atoms with Gasteiger partial charge >= 0.3 is 5.97 Å². The number of aliphatic hydroxyl groups excluding tert-OH is 2. The Balaban J connectivity index is 2.85. The lowest BCUT2D eigenvalue weighted by Crippen LogP contribution is -2.60. The molecular weight excluding hydrogens is 220 g/mol. The highest BCUT2D eigenvalue weighted by atomic mass is 16.7. The molecule has 0 unspecified atom stereocenters. The first-order valence-corrected chi connectivity index (χ1v) is 4.71. The second-order valence-electron chi connectivity index (χ2n) is 3.37. The quantitative estimate of drug-likeness (QED) is 0.562. The predicted molar refractivity (Wildman–Crippen MR) is 50.5 cm³/mol. The van der Waals surface area contributed by atoms with Crippen molar-refractivity contribution < 1.29 is 34.0 Å². The molecule has 0 aromatic carbocycles. The number of carbonyl (C=O) groups is 1. The lowest BCUT2D eigenvalue weighted by Gasteiger charge is -2.39. The summed E-state index contributed by atoms with van der Waals surface area (Å²) in [6.45, 7) is 0. The number of hydrogen-bond donors (Lipinski definition) is 2. The number of rotatable bonds is 3. The van der Waals surface area contributed by atoms with E-state index < -0.39 is 36.7 Å². The molecule has 94 valence electrons. The molecule has 1 aliphatic heterocycles. The van der Waals surface area contributed by atoms with Crippen LogP contribution in [0, 0.1) is 0 Å². The highest BCUT2D eigenvalue weighted by molar-refractivity contribution is 5.75. The molecule has 1 heterocycles. The molecule has 1 fully saturated rings. The minimum atomic E-state index is -1.28. The first-order chi connectivity index (χ1) is 7.56. The zero-order valence-corrected chi connectivity index (χ0v) is 9.32. The molecule has 7 heteroatoms. The van der Waals surface area contributed by atoms with E-state index in [9.17, 15) is 15.0 Å². The van der Waals surface area contributed by atoms with Crippen LogP contribution in [-0.2, 0) is 23.7 Å². The third kappa shape index (κ3) is 2.33. The van der Waals surface area contributed by atoms with Gasteiger partial charge in [-0.25, -0.2) is 4.79 Å². The van der Waals surface area contributed by atoms with E-state index >= 15 is 0 Å². The third-order valence-corrected chi connectivity index (χ3v) is 2.48. The van der Waals surface area contributed by atoms with Crippen molar-refractivity contribution in [3.05, 3.63) is 0 Å². The maximum atomic E-state index is 11.4.